The van der Waals surface area contributed by atoms with Gasteiger partial charge in [0.2, 0.25) is 0 Å². The molecule has 2 aromatic rings. The van der Waals surface area contributed by atoms with E-state index in [0.717, 1.165) is 23.3 Å². The monoisotopic (exact) mass is 352 g/mol. The Bertz CT molecular complexity index is 657. The largest absolute Gasteiger partial charge is 0.484 e. The third-order valence-corrected chi connectivity index (χ3v) is 4.85. The van der Waals surface area contributed by atoms with Gasteiger partial charge < -0.3 is 14.2 Å². The van der Waals surface area contributed by atoms with Crippen molar-refractivity contribution < 1.29 is 4.74 Å². The number of rotatable bonds is 8. The fourth-order valence-corrected chi connectivity index (χ4v) is 3.55. The van der Waals surface area contributed by atoms with Crippen LogP contribution in [0.5, 0.6) is 5.75 Å². The van der Waals surface area contributed by atoms with Crippen LogP contribution in [0.1, 0.15) is 24.7 Å². The summed E-state index contributed by atoms with van der Waals surface area (Å²) in [5.41, 5.74) is 0. The molecule has 1 saturated carbocycles. The fraction of sp³-hybridized carbons (Fsp3) is 0.500. The minimum absolute atomic E-state index is 0.390. The lowest BCUT2D eigenvalue weighted by Crippen LogP contribution is -2.15. The van der Waals surface area contributed by atoms with E-state index >= 15 is 0 Å². The molecular weight excluding hydrogens is 332 g/mol. The first-order valence-electron chi connectivity index (χ1n) is 7.74. The maximum absolute atomic E-state index is 6.13. The minimum atomic E-state index is 0.390. The summed E-state index contributed by atoms with van der Waals surface area (Å²) >= 11 is 7.89. The van der Waals surface area contributed by atoms with Gasteiger partial charge >= 0.3 is 0 Å². The molecule has 1 heterocycles. The summed E-state index contributed by atoms with van der Waals surface area (Å²) in [5.74, 6) is 2.56. The van der Waals surface area contributed by atoms with E-state index in [4.69, 9.17) is 16.3 Å². The first kappa shape index (κ1) is 16.6. The van der Waals surface area contributed by atoms with E-state index in [0.29, 0.717) is 23.4 Å². The van der Waals surface area contributed by atoms with Crippen molar-refractivity contribution in [1.82, 2.24) is 19.7 Å². The molecule has 0 spiro atoms. The Morgan fingerprint density at radius 2 is 2.09 bits per heavy atom. The van der Waals surface area contributed by atoms with Crippen LogP contribution in [0.3, 0.4) is 0 Å². The van der Waals surface area contributed by atoms with Gasteiger partial charge in [-0.25, -0.2) is 0 Å². The quantitative estimate of drug-likeness (QED) is 0.680. The number of aromatic nitrogens is 3. The highest BCUT2D eigenvalue weighted by Crippen LogP contribution is 2.39. The summed E-state index contributed by atoms with van der Waals surface area (Å²) in [6.07, 6.45) is 2.39. The minimum Gasteiger partial charge on any atom is -0.484 e. The Hall–Kier alpha value is -1.24. The SMILES string of the molecule is CN(C)CCSc1nnc(COc2ccccc2Cl)n1C1CC1. The highest BCUT2D eigenvalue weighted by molar-refractivity contribution is 7.99. The number of thioether (sulfide) groups is 1. The molecule has 23 heavy (non-hydrogen) atoms. The molecule has 0 unspecified atom stereocenters. The van der Waals surface area contributed by atoms with Crippen molar-refractivity contribution in [3.63, 3.8) is 0 Å². The highest BCUT2D eigenvalue weighted by atomic mass is 35.5. The summed E-state index contributed by atoms with van der Waals surface area (Å²) in [6, 6.07) is 8.02. The first-order valence-corrected chi connectivity index (χ1v) is 9.10. The van der Waals surface area contributed by atoms with Gasteiger partial charge in [-0.05, 0) is 39.1 Å². The van der Waals surface area contributed by atoms with Crippen LogP contribution in [0, 0.1) is 0 Å². The number of benzene rings is 1. The van der Waals surface area contributed by atoms with Gasteiger partial charge in [-0.3, -0.25) is 0 Å². The molecule has 0 bridgehead atoms. The molecule has 1 aliphatic carbocycles. The van der Waals surface area contributed by atoms with Crippen molar-refractivity contribution in [3.8, 4) is 5.75 Å². The van der Waals surface area contributed by atoms with Gasteiger partial charge in [0.05, 0.1) is 5.02 Å². The molecule has 0 amide bonds. The van der Waals surface area contributed by atoms with Crippen LogP contribution in [0.25, 0.3) is 0 Å². The molecule has 0 aliphatic heterocycles. The Kier molecular flexibility index (Phi) is 5.46. The summed E-state index contributed by atoms with van der Waals surface area (Å²) in [5, 5.41) is 10.3. The molecule has 5 nitrogen and oxygen atoms in total. The van der Waals surface area contributed by atoms with Gasteiger partial charge in [0.25, 0.3) is 0 Å². The van der Waals surface area contributed by atoms with Crippen LogP contribution in [-0.2, 0) is 6.61 Å². The van der Waals surface area contributed by atoms with E-state index in [-0.39, 0.29) is 0 Å². The second-order valence-electron chi connectivity index (χ2n) is 5.87. The summed E-state index contributed by atoms with van der Waals surface area (Å²) in [4.78, 5) is 2.17. The van der Waals surface area contributed by atoms with Crippen LogP contribution < -0.4 is 4.74 Å². The van der Waals surface area contributed by atoms with Gasteiger partial charge in [-0.15, -0.1) is 10.2 Å². The fourth-order valence-electron chi connectivity index (χ4n) is 2.23. The van der Waals surface area contributed by atoms with Crippen LogP contribution >= 0.6 is 23.4 Å². The summed E-state index contributed by atoms with van der Waals surface area (Å²) < 4.78 is 8.06. The zero-order valence-corrected chi connectivity index (χ0v) is 15.0. The smallest absolute Gasteiger partial charge is 0.191 e. The average molecular weight is 353 g/mol. The highest BCUT2D eigenvalue weighted by Gasteiger charge is 2.29. The summed E-state index contributed by atoms with van der Waals surface area (Å²) in [6.45, 7) is 1.41. The Morgan fingerprint density at radius 3 is 2.78 bits per heavy atom. The number of para-hydroxylation sites is 1. The van der Waals surface area contributed by atoms with E-state index in [2.05, 4.69) is 33.8 Å². The van der Waals surface area contributed by atoms with Gasteiger partial charge in [0, 0.05) is 18.3 Å². The number of hydrogen-bond donors (Lipinski definition) is 0. The van der Waals surface area contributed by atoms with Crippen molar-refractivity contribution in [1.29, 1.82) is 0 Å². The maximum atomic E-state index is 6.13. The third kappa shape index (κ3) is 4.40. The van der Waals surface area contributed by atoms with Crippen molar-refractivity contribution in [2.75, 3.05) is 26.4 Å². The standard InChI is InChI=1S/C16H21ClN4OS/c1-20(2)9-10-23-16-19-18-15(21(16)12-7-8-12)11-22-14-6-4-3-5-13(14)17/h3-6,12H,7-11H2,1-2H3. The first-order chi connectivity index (χ1) is 11.1. The van der Waals surface area contributed by atoms with Gasteiger partial charge in [-0.1, -0.05) is 35.5 Å². The maximum Gasteiger partial charge on any atom is 0.191 e. The molecule has 1 aromatic carbocycles. The Morgan fingerprint density at radius 1 is 1.30 bits per heavy atom. The van der Waals surface area contributed by atoms with Crippen LogP contribution in [0.2, 0.25) is 5.02 Å². The van der Waals surface area contributed by atoms with Crippen molar-refractivity contribution in [2.45, 2.75) is 30.6 Å². The number of hydrogen-bond acceptors (Lipinski definition) is 5. The van der Waals surface area contributed by atoms with Gasteiger partial charge in [-0.2, -0.15) is 0 Å². The molecule has 1 aliphatic rings. The number of ether oxygens (including phenoxy) is 1. The molecule has 3 rings (SSSR count). The van der Waals surface area contributed by atoms with Crippen molar-refractivity contribution in [2.24, 2.45) is 0 Å². The zero-order valence-electron chi connectivity index (χ0n) is 13.4. The molecule has 0 atom stereocenters. The molecule has 7 heteroatoms. The topological polar surface area (TPSA) is 43.2 Å². The predicted octanol–water partition coefficient (Wildman–Crippen LogP) is 3.50. The van der Waals surface area contributed by atoms with Crippen molar-refractivity contribution >= 4 is 23.4 Å². The second-order valence-corrected chi connectivity index (χ2v) is 7.34. The van der Waals surface area contributed by atoms with E-state index in [1.807, 2.05) is 24.3 Å². The number of nitrogens with zero attached hydrogens (tertiary/aromatic N) is 4. The predicted molar refractivity (Wildman–Crippen MR) is 93.4 cm³/mol. The Balaban J connectivity index is 1.67. The molecule has 0 saturated heterocycles. The van der Waals surface area contributed by atoms with Gasteiger partial charge in [0.15, 0.2) is 11.0 Å². The summed E-state index contributed by atoms with van der Waals surface area (Å²) in [7, 11) is 4.16. The average Bonchev–Trinajstić information content (AvgIpc) is 3.28. The van der Waals surface area contributed by atoms with E-state index in [1.165, 1.54) is 12.8 Å². The van der Waals surface area contributed by atoms with Crippen LogP contribution in [0.15, 0.2) is 29.4 Å². The van der Waals surface area contributed by atoms with E-state index < -0.39 is 0 Å². The normalized spacial score (nSPS) is 14.4. The zero-order chi connectivity index (χ0) is 16.2. The third-order valence-electron chi connectivity index (χ3n) is 3.61. The second kappa shape index (κ2) is 7.55. The lowest BCUT2D eigenvalue weighted by Gasteiger charge is -2.11. The molecule has 0 radical (unpaired) electrons. The lowest BCUT2D eigenvalue weighted by molar-refractivity contribution is 0.288. The van der Waals surface area contributed by atoms with Crippen molar-refractivity contribution in [3.05, 3.63) is 35.1 Å². The molecule has 124 valence electrons. The van der Waals surface area contributed by atoms with Crippen LogP contribution in [-0.4, -0.2) is 46.1 Å². The Labute approximate surface area is 146 Å². The molecule has 1 fully saturated rings. The van der Waals surface area contributed by atoms with E-state index in [1.54, 1.807) is 11.8 Å². The molecule has 1 aromatic heterocycles. The molecular formula is C16H21ClN4OS. The van der Waals surface area contributed by atoms with Gasteiger partial charge in [0.1, 0.15) is 12.4 Å². The lowest BCUT2D eigenvalue weighted by atomic mass is 10.3. The van der Waals surface area contributed by atoms with E-state index in [9.17, 15) is 0 Å². The number of halogens is 1. The molecule has 0 N–H and O–H groups in total. The van der Waals surface area contributed by atoms with Crippen LogP contribution in [0.4, 0.5) is 0 Å².